The van der Waals surface area contributed by atoms with Crippen molar-refractivity contribution in [1.29, 1.82) is 0 Å². The molecular formula is C19H18F3N3O3. The number of carbonyl (C=O) groups is 2. The van der Waals surface area contributed by atoms with E-state index in [0.29, 0.717) is 16.6 Å². The van der Waals surface area contributed by atoms with Crippen molar-refractivity contribution < 1.29 is 27.9 Å². The molecule has 9 heteroatoms. The Balaban J connectivity index is 1.53. The van der Waals surface area contributed by atoms with Crippen molar-refractivity contribution in [3.8, 4) is 5.69 Å². The highest BCUT2D eigenvalue weighted by molar-refractivity contribution is 5.95. The number of anilines is 1. The number of carboxylic acid groups (broad SMARTS) is 1. The zero-order valence-corrected chi connectivity index (χ0v) is 14.8. The highest BCUT2D eigenvalue weighted by atomic mass is 19.4. The summed E-state index contributed by atoms with van der Waals surface area (Å²) in [5, 5.41) is 15.4. The van der Waals surface area contributed by atoms with Crippen molar-refractivity contribution in [2.24, 2.45) is 11.3 Å². The third-order valence-corrected chi connectivity index (χ3v) is 5.75. The first-order chi connectivity index (χ1) is 13.2. The van der Waals surface area contributed by atoms with Crippen LogP contribution < -0.4 is 5.32 Å². The van der Waals surface area contributed by atoms with Gasteiger partial charge in [0.05, 0.1) is 11.9 Å². The van der Waals surface area contributed by atoms with E-state index in [4.69, 9.17) is 5.11 Å². The summed E-state index contributed by atoms with van der Waals surface area (Å²) < 4.78 is 40.4. The number of rotatable bonds is 4. The standard InChI is InChI=1S/C19H18F3N3O3/c20-19(21,22)15-13(17(27)28)10-23-25(15)12-5-3-11(4-6-12)24-16(26)14-9-18(14)7-1-2-8-18/h3-6,10,14H,1-2,7-9H2,(H,24,26)(H,27,28). The summed E-state index contributed by atoms with van der Waals surface area (Å²) in [6, 6.07) is 5.70. The number of nitrogens with one attached hydrogen (secondary N) is 1. The van der Waals surface area contributed by atoms with Crippen LogP contribution in [-0.2, 0) is 11.0 Å². The lowest BCUT2D eigenvalue weighted by Crippen LogP contribution is -2.18. The van der Waals surface area contributed by atoms with Gasteiger partial charge in [-0.05, 0) is 48.9 Å². The smallest absolute Gasteiger partial charge is 0.434 e. The summed E-state index contributed by atoms with van der Waals surface area (Å²) in [6.07, 6.45) is 1.17. The molecular weight excluding hydrogens is 375 g/mol. The lowest BCUT2D eigenvalue weighted by molar-refractivity contribution is -0.143. The zero-order valence-electron chi connectivity index (χ0n) is 14.8. The zero-order chi connectivity index (χ0) is 20.1. The number of carboxylic acids is 1. The van der Waals surface area contributed by atoms with Crippen molar-refractivity contribution in [3.63, 3.8) is 0 Å². The third-order valence-electron chi connectivity index (χ3n) is 5.75. The summed E-state index contributed by atoms with van der Waals surface area (Å²) in [5.41, 5.74) is -1.57. The molecule has 2 aliphatic carbocycles. The van der Waals surface area contributed by atoms with Crippen LogP contribution in [0.4, 0.5) is 18.9 Å². The maximum Gasteiger partial charge on any atom is 0.434 e. The molecule has 2 aromatic rings. The van der Waals surface area contributed by atoms with E-state index in [2.05, 4.69) is 10.4 Å². The fraction of sp³-hybridized carbons (Fsp3) is 0.421. The average molecular weight is 393 g/mol. The van der Waals surface area contributed by atoms with E-state index < -0.39 is 23.4 Å². The predicted molar refractivity (Wildman–Crippen MR) is 93.2 cm³/mol. The van der Waals surface area contributed by atoms with E-state index in [-0.39, 0.29) is 22.9 Å². The minimum Gasteiger partial charge on any atom is -0.478 e. The first-order valence-electron chi connectivity index (χ1n) is 9.01. The number of alkyl halides is 3. The Hall–Kier alpha value is -2.84. The molecule has 2 saturated carbocycles. The van der Waals surface area contributed by atoms with Gasteiger partial charge >= 0.3 is 12.1 Å². The van der Waals surface area contributed by atoms with Crippen molar-refractivity contribution in [3.05, 3.63) is 41.7 Å². The molecule has 28 heavy (non-hydrogen) atoms. The number of hydrogen-bond acceptors (Lipinski definition) is 3. The number of halogens is 3. The molecule has 2 N–H and O–H groups in total. The fourth-order valence-electron chi connectivity index (χ4n) is 4.24. The largest absolute Gasteiger partial charge is 0.478 e. The second-order valence-electron chi connectivity index (χ2n) is 7.48. The minimum atomic E-state index is -4.88. The van der Waals surface area contributed by atoms with Gasteiger partial charge in [-0.15, -0.1) is 0 Å². The van der Waals surface area contributed by atoms with Gasteiger partial charge in [-0.1, -0.05) is 12.8 Å². The summed E-state index contributed by atoms with van der Waals surface area (Å²) in [6.45, 7) is 0. The van der Waals surface area contributed by atoms with Crippen molar-refractivity contribution in [1.82, 2.24) is 9.78 Å². The first-order valence-corrected chi connectivity index (χ1v) is 9.01. The quantitative estimate of drug-likeness (QED) is 0.819. The van der Waals surface area contributed by atoms with Crippen LogP contribution in [0.5, 0.6) is 0 Å². The number of benzene rings is 1. The van der Waals surface area contributed by atoms with Crippen LogP contribution in [0.2, 0.25) is 0 Å². The number of carbonyl (C=O) groups excluding carboxylic acids is 1. The second-order valence-corrected chi connectivity index (χ2v) is 7.48. The van der Waals surface area contributed by atoms with E-state index in [1.54, 1.807) is 0 Å². The fourth-order valence-corrected chi connectivity index (χ4v) is 4.24. The Labute approximate surface area is 158 Å². The molecule has 1 aromatic heterocycles. The Bertz CT molecular complexity index is 928. The molecule has 1 unspecified atom stereocenters. The van der Waals surface area contributed by atoms with Gasteiger partial charge in [0.25, 0.3) is 0 Å². The molecule has 148 valence electrons. The maximum atomic E-state index is 13.3. The summed E-state index contributed by atoms with van der Waals surface area (Å²) in [4.78, 5) is 23.5. The van der Waals surface area contributed by atoms with Gasteiger partial charge in [-0.25, -0.2) is 9.48 Å². The van der Waals surface area contributed by atoms with E-state index in [1.165, 1.54) is 24.3 Å². The molecule has 1 spiro atoms. The van der Waals surface area contributed by atoms with Gasteiger partial charge in [-0.2, -0.15) is 18.3 Å². The van der Waals surface area contributed by atoms with Crippen LogP contribution in [0.3, 0.4) is 0 Å². The molecule has 1 aromatic carbocycles. The van der Waals surface area contributed by atoms with E-state index >= 15 is 0 Å². The topological polar surface area (TPSA) is 84.2 Å². The number of nitrogens with zero attached hydrogens (tertiary/aromatic N) is 2. The Kier molecular flexibility index (Phi) is 4.20. The van der Waals surface area contributed by atoms with Crippen LogP contribution in [-0.4, -0.2) is 26.8 Å². The Morgan fingerprint density at radius 1 is 1.18 bits per heavy atom. The Morgan fingerprint density at radius 2 is 1.82 bits per heavy atom. The van der Waals surface area contributed by atoms with Crippen molar-refractivity contribution in [2.45, 2.75) is 38.3 Å². The lowest BCUT2D eigenvalue weighted by Gasteiger charge is -2.13. The molecule has 1 heterocycles. The molecule has 0 saturated heterocycles. The summed E-state index contributed by atoms with van der Waals surface area (Å²) >= 11 is 0. The predicted octanol–water partition coefficient (Wildman–Crippen LogP) is 4.11. The van der Waals surface area contributed by atoms with Crippen LogP contribution in [0.1, 0.15) is 48.2 Å². The van der Waals surface area contributed by atoms with Crippen molar-refractivity contribution >= 4 is 17.6 Å². The van der Waals surface area contributed by atoms with Gasteiger partial charge < -0.3 is 10.4 Å². The van der Waals surface area contributed by atoms with Gasteiger partial charge in [0.1, 0.15) is 5.56 Å². The Morgan fingerprint density at radius 3 is 2.39 bits per heavy atom. The highest BCUT2D eigenvalue weighted by Gasteiger charge is 2.58. The van der Waals surface area contributed by atoms with Crippen LogP contribution in [0.25, 0.3) is 5.69 Å². The monoisotopic (exact) mass is 393 g/mol. The normalized spacial score (nSPS) is 20.3. The molecule has 2 aliphatic rings. The number of amides is 1. The minimum absolute atomic E-state index is 0.00995. The van der Waals surface area contributed by atoms with E-state index in [0.717, 1.165) is 32.1 Å². The average Bonchev–Trinajstić information content (AvgIpc) is 2.97. The maximum absolute atomic E-state index is 13.3. The van der Waals surface area contributed by atoms with Gasteiger partial charge in [0, 0.05) is 11.6 Å². The van der Waals surface area contributed by atoms with Gasteiger partial charge in [0.15, 0.2) is 5.69 Å². The van der Waals surface area contributed by atoms with E-state index in [1.807, 2.05) is 0 Å². The summed E-state index contributed by atoms with van der Waals surface area (Å²) in [5.74, 6) is -1.75. The van der Waals surface area contributed by atoms with Crippen LogP contribution in [0, 0.1) is 11.3 Å². The molecule has 1 atom stereocenters. The highest BCUT2D eigenvalue weighted by Crippen LogP contribution is 2.63. The summed E-state index contributed by atoms with van der Waals surface area (Å²) in [7, 11) is 0. The number of hydrogen-bond donors (Lipinski definition) is 2. The molecule has 0 radical (unpaired) electrons. The van der Waals surface area contributed by atoms with Crippen molar-refractivity contribution in [2.75, 3.05) is 5.32 Å². The van der Waals surface area contributed by atoms with Crippen LogP contribution >= 0.6 is 0 Å². The third kappa shape index (κ3) is 3.14. The molecule has 0 bridgehead atoms. The molecule has 2 fully saturated rings. The molecule has 0 aliphatic heterocycles. The van der Waals surface area contributed by atoms with Gasteiger partial charge in [-0.3, -0.25) is 4.79 Å². The first kappa shape index (κ1) is 18.5. The van der Waals surface area contributed by atoms with Gasteiger partial charge in [0.2, 0.25) is 5.91 Å². The number of aromatic nitrogens is 2. The molecule has 4 rings (SSSR count). The van der Waals surface area contributed by atoms with E-state index in [9.17, 15) is 22.8 Å². The van der Waals surface area contributed by atoms with Crippen LogP contribution in [0.15, 0.2) is 30.5 Å². The molecule has 1 amide bonds. The second kappa shape index (κ2) is 6.35. The lowest BCUT2D eigenvalue weighted by atomic mass is 10.0. The SMILES string of the molecule is O=C(O)c1cnn(-c2ccc(NC(=O)C3CC34CCCC4)cc2)c1C(F)(F)F. The molecule has 6 nitrogen and oxygen atoms in total. The number of aromatic carboxylic acids is 1.